The van der Waals surface area contributed by atoms with Crippen molar-refractivity contribution in [2.45, 2.75) is 32.6 Å². The number of nitrogens with zero attached hydrogens (tertiary/aromatic N) is 1. The molecule has 1 amide bonds. The van der Waals surface area contributed by atoms with Crippen LogP contribution in [0.3, 0.4) is 0 Å². The average molecular weight is 295 g/mol. The molecule has 1 aromatic rings. The Labute approximate surface area is 123 Å². The largest absolute Gasteiger partial charge is 0.508 e. The first-order valence-corrected chi connectivity index (χ1v) is 6.95. The minimum atomic E-state index is -0.640. The van der Waals surface area contributed by atoms with E-state index >= 15 is 0 Å². The SMILES string of the molecule is CCC(CCN)CCC(=O)Nc1ccc(O)cc1[N+](=O)[O-]. The Morgan fingerprint density at radius 1 is 1.48 bits per heavy atom. The molecular weight excluding hydrogens is 274 g/mol. The molecule has 0 spiro atoms. The number of hydrogen-bond donors (Lipinski definition) is 3. The second-order valence-corrected chi connectivity index (χ2v) is 4.90. The molecule has 1 rings (SSSR count). The Morgan fingerprint density at radius 2 is 2.19 bits per heavy atom. The zero-order valence-corrected chi connectivity index (χ0v) is 12.0. The maximum Gasteiger partial charge on any atom is 0.296 e. The lowest BCUT2D eigenvalue weighted by Gasteiger charge is -2.13. The molecule has 0 aliphatic heterocycles. The highest BCUT2D eigenvalue weighted by molar-refractivity contribution is 5.93. The van der Waals surface area contributed by atoms with Crippen LogP contribution in [-0.4, -0.2) is 22.5 Å². The van der Waals surface area contributed by atoms with E-state index in [1.165, 1.54) is 12.1 Å². The van der Waals surface area contributed by atoms with Crippen LogP contribution in [0.5, 0.6) is 5.75 Å². The Balaban J connectivity index is 2.65. The van der Waals surface area contributed by atoms with Crippen molar-refractivity contribution in [3.05, 3.63) is 28.3 Å². The van der Waals surface area contributed by atoms with Gasteiger partial charge in [0.25, 0.3) is 5.69 Å². The highest BCUT2D eigenvalue weighted by atomic mass is 16.6. The summed E-state index contributed by atoms with van der Waals surface area (Å²) in [6, 6.07) is 3.63. The maximum atomic E-state index is 11.9. The van der Waals surface area contributed by atoms with Crippen LogP contribution >= 0.6 is 0 Å². The van der Waals surface area contributed by atoms with Crippen LogP contribution in [0, 0.1) is 16.0 Å². The average Bonchev–Trinajstić information content (AvgIpc) is 2.45. The van der Waals surface area contributed by atoms with Crippen LogP contribution in [0.1, 0.15) is 32.6 Å². The van der Waals surface area contributed by atoms with Gasteiger partial charge in [-0.25, -0.2) is 0 Å². The Morgan fingerprint density at radius 3 is 2.76 bits per heavy atom. The number of nitrogens with one attached hydrogen (secondary N) is 1. The molecule has 0 aliphatic carbocycles. The summed E-state index contributed by atoms with van der Waals surface area (Å²) >= 11 is 0. The van der Waals surface area contributed by atoms with Crippen molar-refractivity contribution < 1.29 is 14.8 Å². The smallest absolute Gasteiger partial charge is 0.296 e. The van der Waals surface area contributed by atoms with Gasteiger partial charge in [0.1, 0.15) is 11.4 Å². The molecule has 0 aromatic heterocycles. The van der Waals surface area contributed by atoms with Crippen LogP contribution in [0.2, 0.25) is 0 Å². The number of nitro benzene ring substituents is 1. The van der Waals surface area contributed by atoms with Gasteiger partial charge in [-0.15, -0.1) is 0 Å². The minimum Gasteiger partial charge on any atom is -0.508 e. The fourth-order valence-electron chi connectivity index (χ4n) is 2.11. The lowest BCUT2D eigenvalue weighted by atomic mass is 9.96. The lowest BCUT2D eigenvalue weighted by Crippen LogP contribution is -2.15. The van der Waals surface area contributed by atoms with E-state index in [0.29, 0.717) is 18.9 Å². The quantitative estimate of drug-likeness (QED) is 0.386. The molecule has 21 heavy (non-hydrogen) atoms. The van der Waals surface area contributed by atoms with Crippen molar-refractivity contribution in [2.75, 3.05) is 11.9 Å². The standard InChI is InChI=1S/C14H21N3O4/c1-2-10(7-8-15)3-6-14(19)16-12-5-4-11(18)9-13(12)17(20)21/h4-5,9-10,18H,2-3,6-8,15H2,1H3,(H,16,19). The summed E-state index contributed by atoms with van der Waals surface area (Å²) in [5.41, 5.74) is 5.27. The number of aromatic hydroxyl groups is 1. The van der Waals surface area contributed by atoms with Gasteiger partial charge in [0.15, 0.2) is 0 Å². The van der Waals surface area contributed by atoms with Gasteiger partial charge in [0.2, 0.25) is 5.91 Å². The Hall–Kier alpha value is -2.15. The van der Waals surface area contributed by atoms with Crippen LogP contribution < -0.4 is 11.1 Å². The minimum absolute atomic E-state index is 0.0923. The summed E-state index contributed by atoms with van der Waals surface area (Å²) in [4.78, 5) is 22.1. The third-order valence-electron chi connectivity index (χ3n) is 3.38. The summed E-state index contributed by atoms with van der Waals surface area (Å²) in [7, 11) is 0. The molecule has 4 N–H and O–H groups in total. The first-order chi connectivity index (χ1) is 9.97. The summed E-state index contributed by atoms with van der Waals surface area (Å²) in [6.07, 6.45) is 2.80. The number of hydrogen-bond acceptors (Lipinski definition) is 5. The van der Waals surface area contributed by atoms with Crippen LogP contribution in [0.4, 0.5) is 11.4 Å². The molecule has 116 valence electrons. The third-order valence-corrected chi connectivity index (χ3v) is 3.38. The zero-order valence-electron chi connectivity index (χ0n) is 12.0. The molecule has 0 aliphatic rings. The number of phenolic OH excluding ortho intramolecular Hbond substituents is 1. The molecule has 1 atom stereocenters. The van der Waals surface area contributed by atoms with E-state index in [0.717, 1.165) is 18.9 Å². The van der Waals surface area contributed by atoms with Crippen molar-refractivity contribution in [3.8, 4) is 5.75 Å². The van der Waals surface area contributed by atoms with Gasteiger partial charge < -0.3 is 16.2 Å². The molecule has 0 fully saturated rings. The normalized spacial score (nSPS) is 11.9. The molecule has 1 unspecified atom stereocenters. The number of anilines is 1. The second-order valence-electron chi connectivity index (χ2n) is 4.90. The molecule has 0 radical (unpaired) electrons. The number of nitrogens with two attached hydrogens (primary N) is 1. The molecule has 0 saturated heterocycles. The maximum absolute atomic E-state index is 11.9. The zero-order chi connectivity index (χ0) is 15.8. The van der Waals surface area contributed by atoms with E-state index in [2.05, 4.69) is 5.32 Å². The number of amides is 1. The molecule has 7 heteroatoms. The van der Waals surface area contributed by atoms with E-state index in [9.17, 15) is 20.0 Å². The van der Waals surface area contributed by atoms with Crippen molar-refractivity contribution in [1.82, 2.24) is 0 Å². The monoisotopic (exact) mass is 295 g/mol. The first-order valence-electron chi connectivity index (χ1n) is 6.95. The highest BCUT2D eigenvalue weighted by Gasteiger charge is 2.17. The number of nitro groups is 1. The van der Waals surface area contributed by atoms with Gasteiger partial charge in [-0.05, 0) is 37.4 Å². The van der Waals surface area contributed by atoms with Crippen LogP contribution in [0.15, 0.2) is 18.2 Å². The van der Waals surface area contributed by atoms with Crippen molar-refractivity contribution in [1.29, 1.82) is 0 Å². The number of carbonyl (C=O) groups is 1. The Bertz CT molecular complexity index is 505. The molecule has 0 saturated carbocycles. The second kappa shape index (κ2) is 8.21. The van der Waals surface area contributed by atoms with E-state index in [1.807, 2.05) is 6.92 Å². The summed E-state index contributed by atoms with van der Waals surface area (Å²) in [5.74, 6) is -0.108. The summed E-state index contributed by atoms with van der Waals surface area (Å²) in [5, 5.41) is 22.7. The Kier molecular flexibility index (Phi) is 6.61. The van der Waals surface area contributed by atoms with Gasteiger partial charge in [-0.3, -0.25) is 14.9 Å². The lowest BCUT2D eigenvalue weighted by molar-refractivity contribution is -0.384. The van der Waals surface area contributed by atoms with Crippen molar-refractivity contribution in [2.24, 2.45) is 11.7 Å². The van der Waals surface area contributed by atoms with Gasteiger partial charge in [0.05, 0.1) is 11.0 Å². The fourth-order valence-corrected chi connectivity index (χ4v) is 2.11. The van der Waals surface area contributed by atoms with E-state index < -0.39 is 4.92 Å². The van der Waals surface area contributed by atoms with E-state index in [1.54, 1.807) is 0 Å². The van der Waals surface area contributed by atoms with E-state index in [4.69, 9.17) is 5.73 Å². The van der Waals surface area contributed by atoms with Crippen LogP contribution in [0.25, 0.3) is 0 Å². The van der Waals surface area contributed by atoms with Crippen LogP contribution in [-0.2, 0) is 4.79 Å². The topological polar surface area (TPSA) is 118 Å². The number of benzene rings is 1. The van der Waals surface area contributed by atoms with E-state index in [-0.39, 0.29) is 29.5 Å². The first kappa shape index (κ1) is 16.9. The van der Waals surface area contributed by atoms with Crippen molar-refractivity contribution in [3.63, 3.8) is 0 Å². The predicted molar refractivity (Wildman–Crippen MR) is 80.1 cm³/mol. The van der Waals surface area contributed by atoms with Gasteiger partial charge >= 0.3 is 0 Å². The van der Waals surface area contributed by atoms with Gasteiger partial charge in [-0.2, -0.15) is 0 Å². The fraction of sp³-hybridized carbons (Fsp3) is 0.500. The molecule has 0 heterocycles. The molecule has 1 aromatic carbocycles. The van der Waals surface area contributed by atoms with Gasteiger partial charge in [-0.1, -0.05) is 13.3 Å². The summed E-state index contributed by atoms with van der Waals surface area (Å²) < 4.78 is 0. The highest BCUT2D eigenvalue weighted by Crippen LogP contribution is 2.28. The predicted octanol–water partition coefficient (Wildman–Crippen LogP) is 2.39. The van der Waals surface area contributed by atoms with Crippen molar-refractivity contribution >= 4 is 17.3 Å². The third kappa shape index (κ3) is 5.39. The molecule has 0 bridgehead atoms. The van der Waals surface area contributed by atoms with Gasteiger partial charge in [0, 0.05) is 6.42 Å². The summed E-state index contributed by atoms with van der Waals surface area (Å²) in [6.45, 7) is 2.63. The molecule has 7 nitrogen and oxygen atoms in total. The molecular formula is C14H21N3O4. The number of phenols is 1. The number of rotatable bonds is 8. The number of carbonyl (C=O) groups excluding carboxylic acids is 1.